The van der Waals surface area contributed by atoms with Crippen LogP contribution in [0.25, 0.3) is 10.9 Å². The van der Waals surface area contributed by atoms with Crippen LogP contribution in [-0.2, 0) is 0 Å². The van der Waals surface area contributed by atoms with Gasteiger partial charge in [0, 0.05) is 5.39 Å². The van der Waals surface area contributed by atoms with Crippen molar-refractivity contribution >= 4 is 10.9 Å². The number of benzene rings is 1. The molecule has 55 valence electrons. The molecule has 0 N–H and O–H groups in total. The highest BCUT2D eigenvalue weighted by atomic mass is 14.7. The molecular formula is C10H5N2. The van der Waals surface area contributed by atoms with E-state index in [1.54, 1.807) is 12.1 Å². The highest BCUT2D eigenvalue weighted by Gasteiger charge is 1.94. The van der Waals surface area contributed by atoms with Gasteiger partial charge in [-0.05, 0) is 30.3 Å². The Hall–Kier alpha value is -1.88. The van der Waals surface area contributed by atoms with E-state index in [4.69, 9.17) is 5.26 Å². The monoisotopic (exact) mass is 153 g/mol. The molecule has 2 heteroatoms. The van der Waals surface area contributed by atoms with Gasteiger partial charge in [0.15, 0.2) is 0 Å². The second-order valence-corrected chi connectivity index (χ2v) is 2.43. The van der Waals surface area contributed by atoms with E-state index in [0.717, 1.165) is 10.9 Å². The van der Waals surface area contributed by atoms with Crippen LogP contribution in [0.5, 0.6) is 0 Å². The van der Waals surface area contributed by atoms with Crippen LogP contribution in [0.1, 0.15) is 5.69 Å². The quantitative estimate of drug-likeness (QED) is 0.579. The summed E-state index contributed by atoms with van der Waals surface area (Å²) in [6.07, 6.45) is 0. The maximum absolute atomic E-state index is 8.58. The van der Waals surface area contributed by atoms with Crippen LogP contribution < -0.4 is 0 Å². The van der Waals surface area contributed by atoms with Crippen LogP contribution in [0.2, 0.25) is 0 Å². The molecule has 0 aliphatic rings. The highest BCUT2D eigenvalue weighted by molar-refractivity contribution is 5.78. The Morgan fingerprint density at radius 3 is 3.08 bits per heavy atom. The molecule has 2 nitrogen and oxygen atoms in total. The number of aromatic nitrogens is 1. The Morgan fingerprint density at radius 1 is 1.33 bits per heavy atom. The third-order valence-corrected chi connectivity index (χ3v) is 1.65. The number of fused-ring (bicyclic) bond motifs is 1. The summed E-state index contributed by atoms with van der Waals surface area (Å²) in [6.45, 7) is 0. The third-order valence-electron chi connectivity index (χ3n) is 1.65. The Kier molecular flexibility index (Phi) is 1.49. The molecule has 0 saturated carbocycles. The summed E-state index contributed by atoms with van der Waals surface area (Å²) in [7, 11) is 0. The number of pyridine rings is 1. The molecule has 0 fully saturated rings. The minimum Gasteiger partial charge on any atom is -0.237 e. The second kappa shape index (κ2) is 2.63. The minimum absolute atomic E-state index is 0.453. The molecule has 1 radical (unpaired) electrons. The lowest BCUT2D eigenvalue weighted by Gasteiger charge is -1.94. The topological polar surface area (TPSA) is 36.7 Å². The number of nitriles is 1. The first kappa shape index (κ1) is 6.81. The molecule has 12 heavy (non-hydrogen) atoms. The molecule has 0 unspecified atom stereocenters. The summed E-state index contributed by atoms with van der Waals surface area (Å²) in [5, 5.41) is 9.59. The Labute approximate surface area is 70.1 Å². The number of hydrogen-bond acceptors (Lipinski definition) is 2. The van der Waals surface area contributed by atoms with E-state index in [1.165, 1.54) is 0 Å². The molecule has 2 rings (SSSR count). The minimum atomic E-state index is 0.453. The zero-order valence-corrected chi connectivity index (χ0v) is 6.28. The fourth-order valence-electron chi connectivity index (χ4n) is 1.07. The Morgan fingerprint density at radius 2 is 2.25 bits per heavy atom. The molecular weight excluding hydrogens is 148 g/mol. The van der Waals surface area contributed by atoms with Crippen LogP contribution in [0.4, 0.5) is 0 Å². The fraction of sp³-hybridized carbons (Fsp3) is 0. The van der Waals surface area contributed by atoms with Gasteiger partial charge in [0.2, 0.25) is 0 Å². The lowest BCUT2D eigenvalue weighted by Crippen LogP contribution is -1.82. The number of nitrogens with zero attached hydrogens (tertiary/aromatic N) is 2. The van der Waals surface area contributed by atoms with Gasteiger partial charge in [-0.1, -0.05) is 6.07 Å². The van der Waals surface area contributed by atoms with Crippen molar-refractivity contribution in [2.24, 2.45) is 0 Å². The van der Waals surface area contributed by atoms with E-state index in [9.17, 15) is 0 Å². The van der Waals surface area contributed by atoms with Crippen molar-refractivity contribution in [2.75, 3.05) is 0 Å². The number of rotatable bonds is 0. The first-order valence-electron chi connectivity index (χ1n) is 3.57. The van der Waals surface area contributed by atoms with Gasteiger partial charge in [0.25, 0.3) is 0 Å². The van der Waals surface area contributed by atoms with Gasteiger partial charge < -0.3 is 0 Å². The highest BCUT2D eigenvalue weighted by Crippen LogP contribution is 2.10. The fourth-order valence-corrected chi connectivity index (χ4v) is 1.07. The first-order valence-corrected chi connectivity index (χ1v) is 3.57. The molecule has 1 aromatic heterocycles. The summed E-state index contributed by atoms with van der Waals surface area (Å²) in [5.74, 6) is 0. The van der Waals surface area contributed by atoms with Gasteiger partial charge in [-0.15, -0.1) is 0 Å². The van der Waals surface area contributed by atoms with Crippen LogP contribution >= 0.6 is 0 Å². The van der Waals surface area contributed by atoms with Crippen molar-refractivity contribution in [2.45, 2.75) is 0 Å². The number of hydrogen-bond donors (Lipinski definition) is 0. The van der Waals surface area contributed by atoms with Gasteiger partial charge in [-0.2, -0.15) is 5.26 Å². The summed E-state index contributed by atoms with van der Waals surface area (Å²) in [5.41, 5.74) is 1.29. The van der Waals surface area contributed by atoms with Gasteiger partial charge in [-0.3, -0.25) is 0 Å². The second-order valence-electron chi connectivity index (χ2n) is 2.43. The van der Waals surface area contributed by atoms with E-state index in [2.05, 4.69) is 11.1 Å². The van der Waals surface area contributed by atoms with Gasteiger partial charge >= 0.3 is 0 Å². The molecule has 1 heterocycles. The van der Waals surface area contributed by atoms with Crippen LogP contribution in [0.15, 0.2) is 30.3 Å². The smallest absolute Gasteiger partial charge is 0.141 e. The SMILES string of the molecule is N#Cc1ccc2c[c]ccc2n1. The molecule has 0 atom stereocenters. The first-order chi connectivity index (χ1) is 5.90. The average Bonchev–Trinajstić information content (AvgIpc) is 2.17. The van der Waals surface area contributed by atoms with Crippen molar-refractivity contribution in [1.82, 2.24) is 4.98 Å². The van der Waals surface area contributed by atoms with Crippen LogP contribution in [-0.4, -0.2) is 4.98 Å². The van der Waals surface area contributed by atoms with Gasteiger partial charge in [0.1, 0.15) is 11.8 Å². The van der Waals surface area contributed by atoms with Crippen molar-refractivity contribution in [3.8, 4) is 6.07 Å². The summed E-state index contributed by atoms with van der Waals surface area (Å²) in [4.78, 5) is 4.11. The predicted molar refractivity (Wildman–Crippen MR) is 45.3 cm³/mol. The van der Waals surface area contributed by atoms with Crippen LogP contribution in [0, 0.1) is 17.4 Å². The molecule has 1 aromatic carbocycles. The van der Waals surface area contributed by atoms with E-state index >= 15 is 0 Å². The maximum Gasteiger partial charge on any atom is 0.141 e. The van der Waals surface area contributed by atoms with Crippen molar-refractivity contribution in [1.29, 1.82) is 5.26 Å². The summed E-state index contributed by atoms with van der Waals surface area (Å²) >= 11 is 0. The van der Waals surface area contributed by atoms with E-state index < -0.39 is 0 Å². The molecule has 0 saturated heterocycles. The summed E-state index contributed by atoms with van der Waals surface area (Å²) < 4.78 is 0. The molecule has 0 amide bonds. The normalized spacial score (nSPS) is 9.58. The molecule has 0 aliphatic heterocycles. The third kappa shape index (κ3) is 1.02. The van der Waals surface area contributed by atoms with E-state index in [0.29, 0.717) is 5.69 Å². The van der Waals surface area contributed by atoms with Gasteiger partial charge in [-0.25, -0.2) is 4.98 Å². The van der Waals surface area contributed by atoms with E-state index in [1.807, 2.05) is 24.3 Å². The molecule has 2 aromatic rings. The Bertz CT molecular complexity index is 455. The lowest BCUT2D eigenvalue weighted by molar-refractivity contribution is 1.32. The maximum atomic E-state index is 8.58. The zero-order valence-electron chi connectivity index (χ0n) is 6.28. The van der Waals surface area contributed by atoms with Crippen molar-refractivity contribution in [3.05, 3.63) is 42.1 Å². The molecule has 0 bridgehead atoms. The summed E-state index contributed by atoms with van der Waals surface area (Å²) in [6, 6.07) is 14.0. The standard InChI is InChI=1S/C10H5N2/c11-7-9-6-5-8-3-1-2-4-10(8)12-9/h2-6H. The van der Waals surface area contributed by atoms with E-state index in [-0.39, 0.29) is 0 Å². The van der Waals surface area contributed by atoms with Crippen molar-refractivity contribution in [3.63, 3.8) is 0 Å². The molecule has 0 aliphatic carbocycles. The predicted octanol–water partition coefficient (Wildman–Crippen LogP) is 1.91. The lowest BCUT2D eigenvalue weighted by atomic mass is 10.2. The van der Waals surface area contributed by atoms with Crippen molar-refractivity contribution < 1.29 is 0 Å². The zero-order chi connectivity index (χ0) is 8.39. The Balaban J connectivity index is 2.78. The van der Waals surface area contributed by atoms with Gasteiger partial charge in [0.05, 0.1) is 5.52 Å². The largest absolute Gasteiger partial charge is 0.237 e. The molecule has 0 spiro atoms. The van der Waals surface area contributed by atoms with Crippen LogP contribution in [0.3, 0.4) is 0 Å². The average molecular weight is 153 g/mol.